The number of aryl methyl sites for hydroxylation is 2. The molecule has 4 fully saturated rings. The van der Waals surface area contributed by atoms with Gasteiger partial charge in [-0.25, -0.2) is 19.3 Å². The third kappa shape index (κ3) is 28.6. The largest absolute Gasteiger partial charge is 0.481 e. The Morgan fingerprint density at radius 3 is 2.07 bits per heavy atom. The Kier molecular flexibility index (Phi) is 40.1. The molecule has 5 N–H and O–H groups in total. The SMILES string of the molecule is COc1ccc(-c2ccc3ncc4c(c3c2)n(-c2ccc(N3CCN(C(=O)CCOCCOCCOCCOCCOCCOCCn5cc(CCCCO[C@@H]6CC[C@@H](C[C@@H](N)[C@@H]7CC(=O)[C@H](C)/C=C(\C)[C@@H](O)[C@@H](O)C(=O)[C@H](C)C[C@H](C)/C=C/C=C/C=C(\C)[C@@H](OC)C[C@@H]8CC[C@@H](C)[C@@](O)(O8)C(=O)C(=O)N8CCCC[C@H]8C(=O)O7)C[C@H]6OC)nn5)CC3)c(C(F)(F)F)c2)c(=O)n4C)cn1. The molecule has 4 aromatic heterocycles. The van der Waals surface area contributed by atoms with Crippen molar-refractivity contribution in [2.24, 2.45) is 42.4 Å². The third-order valence-electron chi connectivity index (χ3n) is 26.2. The predicted molar refractivity (Wildman–Crippen MR) is 493 cm³/mol. The number of aromatic nitrogens is 7. The topological polar surface area (TPSA) is 393 Å². The second-order valence-corrected chi connectivity index (χ2v) is 35.8. The maximum atomic E-state index is 15.0. The molecule has 4 aliphatic heterocycles. The molecule has 33 nitrogen and oxygen atoms in total. The first-order chi connectivity index (χ1) is 64.4. The first-order valence-electron chi connectivity index (χ1n) is 47.0. The molecule has 2 amide bonds. The average Bonchev–Trinajstić information content (AvgIpc) is 1.57. The van der Waals surface area contributed by atoms with Crippen LogP contribution in [-0.4, -0.2) is 295 Å². The number of ether oxygens (including phenoxy) is 12. The number of halogens is 3. The van der Waals surface area contributed by atoms with Crippen LogP contribution in [0.5, 0.6) is 5.88 Å². The van der Waals surface area contributed by atoms with Gasteiger partial charge < -0.3 is 92.6 Å². The van der Waals surface area contributed by atoms with Gasteiger partial charge in [-0.15, -0.1) is 5.10 Å². The summed E-state index contributed by atoms with van der Waals surface area (Å²) in [4.78, 5) is 112. The highest BCUT2D eigenvalue weighted by atomic mass is 19.4. The van der Waals surface area contributed by atoms with Crippen molar-refractivity contribution in [1.29, 1.82) is 0 Å². The fourth-order valence-corrected chi connectivity index (χ4v) is 18.2. The van der Waals surface area contributed by atoms with Crippen LogP contribution in [0.15, 0.2) is 120 Å². The predicted octanol–water partition coefficient (Wildman–Crippen LogP) is 9.98. The lowest BCUT2D eigenvalue weighted by Crippen LogP contribution is -2.61. The number of unbranched alkanes of at least 4 members (excludes halogenated alkanes) is 1. The number of aliphatic hydroxyl groups is 3. The number of hydrogen-bond donors (Lipinski definition) is 4. The molecular formula is C98H136F3N11O22. The van der Waals surface area contributed by atoms with Gasteiger partial charge in [0.2, 0.25) is 17.6 Å². The first kappa shape index (κ1) is 105. The van der Waals surface area contributed by atoms with Gasteiger partial charge >= 0.3 is 17.8 Å². The van der Waals surface area contributed by atoms with E-state index in [0.29, 0.717) is 165 Å². The van der Waals surface area contributed by atoms with Crippen molar-refractivity contribution in [1.82, 2.24) is 43.9 Å². The van der Waals surface area contributed by atoms with Gasteiger partial charge in [0, 0.05) is 132 Å². The number of methoxy groups -OCH3 is 3. The van der Waals surface area contributed by atoms with Crippen molar-refractivity contribution in [2.45, 2.75) is 218 Å². The average molecular weight is 1880 g/mol. The van der Waals surface area contributed by atoms with Crippen LogP contribution in [0.25, 0.3) is 38.8 Å². The number of fused-ring (bicyclic) bond motifs is 6. The Hall–Kier alpha value is -9.38. The van der Waals surface area contributed by atoms with E-state index >= 15 is 13.2 Å². The molecule has 5 aliphatic rings. The number of alkyl halides is 3. The van der Waals surface area contributed by atoms with E-state index in [0.717, 1.165) is 46.2 Å². The number of nitrogens with zero attached hydrogens (tertiary/aromatic N) is 10. The summed E-state index contributed by atoms with van der Waals surface area (Å²) < 4.78 is 119. The molecule has 736 valence electrons. The summed E-state index contributed by atoms with van der Waals surface area (Å²) in [6.07, 6.45) is 11.8. The number of ketones is 3. The van der Waals surface area contributed by atoms with Gasteiger partial charge in [-0.1, -0.05) is 75.4 Å². The van der Waals surface area contributed by atoms with Crippen LogP contribution < -0.4 is 21.1 Å². The number of benzene rings is 2. The van der Waals surface area contributed by atoms with Crippen molar-refractivity contribution in [3.8, 4) is 22.7 Å². The van der Waals surface area contributed by atoms with Crippen LogP contribution in [0, 0.1) is 29.6 Å². The summed E-state index contributed by atoms with van der Waals surface area (Å²) in [6.45, 7) is 16.1. The molecule has 134 heavy (non-hydrogen) atoms. The number of cyclic esters (lactones) is 1. The fourth-order valence-electron chi connectivity index (χ4n) is 18.2. The number of esters is 1. The highest BCUT2D eigenvalue weighted by molar-refractivity contribution is 6.39. The number of rotatable bonds is 36. The lowest BCUT2D eigenvalue weighted by Gasteiger charge is -2.42. The maximum absolute atomic E-state index is 15.0. The number of Topliss-reactive ketones (excluding diaryl/α,β-unsaturated/α-hetero) is 3. The Morgan fingerprint density at radius 2 is 1.40 bits per heavy atom. The zero-order valence-electron chi connectivity index (χ0n) is 78.9. The summed E-state index contributed by atoms with van der Waals surface area (Å²) in [6, 6.07) is 10.8. The molecule has 0 spiro atoms. The number of imidazole rings is 1. The summed E-state index contributed by atoms with van der Waals surface area (Å²) in [5.74, 6) is -8.72. The number of allylic oxidation sites excluding steroid dienone is 6. The normalized spacial score (nSPS) is 26.6. The van der Waals surface area contributed by atoms with E-state index in [1.165, 1.54) is 41.4 Å². The van der Waals surface area contributed by atoms with Crippen molar-refractivity contribution in [3.05, 3.63) is 136 Å². The smallest absolute Gasteiger partial charge is 0.418 e. The molecule has 11 rings (SSSR count). The third-order valence-corrected chi connectivity index (χ3v) is 26.2. The fraction of sp³-hybridized carbons (Fsp3) is 0.622. The number of carbonyl (C=O) groups excluding carboxylic acids is 6. The van der Waals surface area contributed by atoms with Crippen molar-refractivity contribution in [2.75, 3.05) is 145 Å². The number of aliphatic hydroxyl groups excluding tert-OH is 2. The standard InChI is InChI=1S/C98H136F3N11O22/c1-63-18-12-11-13-19-64(2)84(123-8)58-74-27-22-68(6)97(122,134-74)93(118)94(119)111-33-16-14-21-80(111)95(120)133-85(59-82(113)65(3)53-67(5)91(116)92(117)90(115)66(4)52-63)77(102)54-69-23-30-83(86(55-69)124-9)132-39-17-15-20-72-62-110(106-105-72)38-41-127-43-45-129-47-49-131-51-50-130-48-46-128-44-42-126-40-32-88(114)109-36-34-108(35-37-109)79-29-26-73(57-76(79)98(99,100)101)112-89-75-56-70(71-25-31-87(125-10)104-60-71)24-28-78(75)103-61-81(89)107(7)96(112)121/h11-13,18-19,24-26,28-29,31,53,56-57,60-63,65-66,68-69,74,77,80,83-86,91-92,116-117,122H,14-17,20-23,27,30,32-52,54-55,58-59,102H2,1-10H3/b13-11+,18-12+,64-19+,67-53+/t63-,65-,66-,68-,69+,74+,77-,80+,83-,84+,85+,86-,91-,92+,97-/m1/s1. The number of hydrogen-bond acceptors (Lipinski definition) is 28. The van der Waals surface area contributed by atoms with E-state index in [1.54, 1.807) is 81.0 Å². The van der Waals surface area contributed by atoms with Gasteiger partial charge in [-0.05, 0) is 162 Å². The Labute approximate surface area is 781 Å². The van der Waals surface area contributed by atoms with Gasteiger partial charge in [-0.3, -0.25) is 38.1 Å². The van der Waals surface area contributed by atoms with E-state index in [9.17, 15) is 48.9 Å². The lowest BCUT2D eigenvalue weighted by molar-refractivity contribution is -0.265. The van der Waals surface area contributed by atoms with Crippen molar-refractivity contribution in [3.63, 3.8) is 0 Å². The van der Waals surface area contributed by atoms with Crippen molar-refractivity contribution < 1.29 is 114 Å². The molecule has 6 aromatic rings. The number of piperazine rings is 1. The molecule has 2 bridgehead atoms. The Bertz CT molecular complexity index is 5030. The van der Waals surface area contributed by atoms with Gasteiger partial charge in [-0.2, -0.15) is 13.2 Å². The number of pyridine rings is 2. The zero-order chi connectivity index (χ0) is 96.2. The molecule has 0 radical (unpaired) electrons. The van der Waals surface area contributed by atoms with Crippen LogP contribution in [-0.2, 0) is 107 Å². The summed E-state index contributed by atoms with van der Waals surface area (Å²) in [5, 5.41) is 43.9. The number of nitrogens with two attached hydrogens (primary N) is 1. The zero-order valence-corrected chi connectivity index (χ0v) is 78.9. The van der Waals surface area contributed by atoms with Crippen LogP contribution in [0.1, 0.15) is 149 Å². The van der Waals surface area contributed by atoms with Crippen LogP contribution in [0.2, 0.25) is 0 Å². The minimum Gasteiger partial charge on any atom is -0.481 e. The second kappa shape index (κ2) is 51.2. The summed E-state index contributed by atoms with van der Waals surface area (Å²) in [5.41, 5.74) is 10.5. The van der Waals surface area contributed by atoms with E-state index in [1.807, 2.05) is 68.6 Å². The van der Waals surface area contributed by atoms with Crippen LogP contribution in [0.4, 0.5) is 18.9 Å². The van der Waals surface area contributed by atoms with Crippen LogP contribution in [0.3, 0.4) is 0 Å². The molecule has 2 aromatic carbocycles. The molecule has 1 aliphatic carbocycles. The van der Waals surface area contributed by atoms with E-state index < -0.39 is 113 Å². The molecule has 3 saturated heterocycles. The van der Waals surface area contributed by atoms with Gasteiger partial charge in [0.15, 0.2) is 5.78 Å². The minimum atomic E-state index is -4.77. The number of amides is 2. The Balaban J connectivity index is 0.531. The molecular weight excluding hydrogens is 1740 g/mol. The van der Waals surface area contributed by atoms with E-state index in [4.69, 9.17) is 62.6 Å². The first-order valence-corrected chi connectivity index (χ1v) is 47.0. The summed E-state index contributed by atoms with van der Waals surface area (Å²) in [7, 11) is 6.26. The minimum absolute atomic E-state index is 0.0173. The Morgan fingerprint density at radius 1 is 0.701 bits per heavy atom. The lowest BCUT2D eigenvalue weighted by atomic mass is 9.80. The van der Waals surface area contributed by atoms with Gasteiger partial charge in [0.25, 0.3) is 11.7 Å². The van der Waals surface area contributed by atoms with Gasteiger partial charge in [0.05, 0.1) is 163 Å². The quantitative estimate of drug-likeness (QED) is 0.0123. The molecule has 1 saturated carbocycles. The molecule has 15 atom stereocenters. The molecule has 0 unspecified atom stereocenters. The molecule has 36 heteroatoms. The monoisotopic (exact) mass is 1880 g/mol. The number of piperidine rings is 1. The highest BCUT2D eigenvalue weighted by Crippen LogP contribution is 2.42. The number of anilines is 1. The van der Waals surface area contributed by atoms with Crippen molar-refractivity contribution >= 4 is 62.8 Å². The van der Waals surface area contributed by atoms with Crippen LogP contribution >= 0.6 is 0 Å². The molecule has 8 heterocycles. The van der Waals surface area contributed by atoms with E-state index in [2.05, 4.69) is 20.3 Å². The van der Waals surface area contributed by atoms with E-state index in [-0.39, 0.29) is 125 Å². The van der Waals surface area contributed by atoms with Gasteiger partial charge in [0.1, 0.15) is 30.1 Å². The number of carbonyl (C=O) groups is 6. The highest BCUT2D eigenvalue weighted by Gasteiger charge is 2.53. The maximum Gasteiger partial charge on any atom is 0.418 e. The summed E-state index contributed by atoms with van der Waals surface area (Å²) >= 11 is 0. The second-order valence-electron chi connectivity index (χ2n) is 35.8.